The van der Waals surface area contributed by atoms with E-state index in [9.17, 15) is 14.4 Å². The quantitative estimate of drug-likeness (QED) is 0.571. The molecule has 2 aliphatic rings. The molecule has 1 saturated carbocycles. The minimum Gasteiger partial charge on any atom is -0.450 e. The summed E-state index contributed by atoms with van der Waals surface area (Å²) in [6.45, 7) is 4.00. The highest BCUT2D eigenvalue weighted by molar-refractivity contribution is 6.10. The Kier molecular flexibility index (Phi) is 5.17. The monoisotopic (exact) mass is 357 g/mol. The predicted molar refractivity (Wildman–Crippen MR) is 97.6 cm³/mol. The zero-order valence-electron chi connectivity index (χ0n) is 15.5. The standard InChI is InChI=1S/C21H27NO4/c1-3-10-21(11-4-2)18(23)17(20(25)26-21)16(13-8-9-13)14-6-5-7-15(12-14)19(22)24/h5-7,12-13,16-17H,3-4,8-11H2,1-2H3,(H2,22,24). The fourth-order valence-corrected chi connectivity index (χ4v) is 4.38. The topological polar surface area (TPSA) is 86.5 Å². The third-order valence-corrected chi connectivity index (χ3v) is 5.63. The van der Waals surface area contributed by atoms with Gasteiger partial charge in [0.2, 0.25) is 5.91 Å². The molecule has 2 N–H and O–H groups in total. The lowest BCUT2D eigenvalue weighted by atomic mass is 9.75. The largest absolute Gasteiger partial charge is 0.450 e. The summed E-state index contributed by atoms with van der Waals surface area (Å²) in [6, 6.07) is 7.03. The number of esters is 1. The number of ketones is 1. The molecule has 2 unspecified atom stereocenters. The van der Waals surface area contributed by atoms with Crippen molar-refractivity contribution in [1.29, 1.82) is 0 Å². The molecule has 1 heterocycles. The van der Waals surface area contributed by atoms with Crippen molar-refractivity contribution in [3.8, 4) is 0 Å². The van der Waals surface area contributed by atoms with Crippen LogP contribution in [0.4, 0.5) is 0 Å². The molecule has 2 atom stereocenters. The molecule has 2 fully saturated rings. The molecule has 1 aromatic rings. The van der Waals surface area contributed by atoms with Crippen molar-refractivity contribution in [2.24, 2.45) is 17.6 Å². The number of nitrogens with two attached hydrogens (primary N) is 1. The number of hydrogen-bond donors (Lipinski definition) is 1. The van der Waals surface area contributed by atoms with E-state index in [4.69, 9.17) is 10.5 Å². The number of amides is 1. The number of primary amides is 1. The van der Waals surface area contributed by atoms with Gasteiger partial charge in [-0.3, -0.25) is 14.4 Å². The van der Waals surface area contributed by atoms with Crippen LogP contribution in [-0.4, -0.2) is 23.3 Å². The first-order valence-electron chi connectivity index (χ1n) is 9.60. The number of carbonyl (C=O) groups excluding carboxylic acids is 3. The second kappa shape index (κ2) is 7.22. The Hall–Kier alpha value is -2.17. The first kappa shape index (κ1) is 18.6. The van der Waals surface area contributed by atoms with Crippen LogP contribution >= 0.6 is 0 Å². The summed E-state index contributed by atoms with van der Waals surface area (Å²) in [5, 5.41) is 0. The summed E-state index contributed by atoms with van der Waals surface area (Å²) in [6.07, 6.45) is 4.68. The molecule has 1 aromatic carbocycles. The zero-order valence-corrected chi connectivity index (χ0v) is 15.5. The summed E-state index contributed by atoms with van der Waals surface area (Å²) < 4.78 is 5.73. The van der Waals surface area contributed by atoms with Crippen LogP contribution < -0.4 is 5.73 Å². The van der Waals surface area contributed by atoms with Gasteiger partial charge in [-0.25, -0.2) is 0 Å². The van der Waals surface area contributed by atoms with Crippen LogP contribution in [0, 0.1) is 11.8 Å². The van der Waals surface area contributed by atoms with Crippen LogP contribution in [0.2, 0.25) is 0 Å². The van der Waals surface area contributed by atoms with E-state index >= 15 is 0 Å². The van der Waals surface area contributed by atoms with E-state index in [-0.39, 0.29) is 17.6 Å². The number of cyclic esters (lactones) is 1. The minimum atomic E-state index is -0.973. The molecule has 5 nitrogen and oxygen atoms in total. The predicted octanol–water partition coefficient (Wildman–Crippen LogP) is 3.36. The highest BCUT2D eigenvalue weighted by Crippen LogP contribution is 2.51. The summed E-state index contributed by atoms with van der Waals surface area (Å²) in [5.74, 6) is -1.72. The fraction of sp³-hybridized carbons (Fsp3) is 0.571. The van der Waals surface area contributed by atoms with Crippen molar-refractivity contribution in [3.63, 3.8) is 0 Å². The average molecular weight is 357 g/mol. The summed E-state index contributed by atoms with van der Waals surface area (Å²) in [4.78, 5) is 37.7. The molecule has 0 aromatic heterocycles. The third-order valence-electron chi connectivity index (χ3n) is 5.63. The zero-order chi connectivity index (χ0) is 18.9. The van der Waals surface area contributed by atoms with E-state index in [0.29, 0.717) is 18.4 Å². The van der Waals surface area contributed by atoms with E-state index < -0.39 is 23.4 Å². The molecule has 3 rings (SSSR count). The molecular formula is C21H27NO4. The molecule has 140 valence electrons. The van der Waals surface area contributed by atoms with Crippen LogP contribution in [0.25, 0.3) is 0 Å². The molecule has 1 aliphatic heterocycles. The fourth-order valence-electron chi connectivity index (χ4n) is 4.38. The molecule has 1 aliphatic carbocycles. The second-order valence-electron chi connectivity index (χ2n) is 7.61. The second-order valence-corrected chi connectivity index (χ2v) is 7.61. The Bertz CT molecular complexity index is 716. The van der Waals surface area contributed by atoms with E-state index in [1.807, 2.05) is 19.9 Å². The minimum absolute atomic E-state index is 0.0763. The number of benzene rings is 1. The van der Waals surface area contributed by atoms with Crippen molar-refractivity contribution >= 4 is 17.7 Å². The SMILES string of the molecule is CCCC1(CCC)OC(=O)C(C(c2cccc(C(N)=O)c2)C2CC2)C1=O. The Morgan fingerprint density at radius 1 is 1.23 bits per heavy atom. The van der Waals surface area contributed by atoms with Gasteiger partial charge in [0.15, 0.2) is 11.4 Å². The average Bonchev–Trinajstić information content (AvgIpc) is 3.40. The lowest BCUT2D eigenvalue weighted by molar-refractivity contribution is -0.154. The molecule has 0 spiro atoms. The maximum absolute atomic E-state index is 13.3. The molecular weight excluding hydrogens is 330 g/mol. The van der Waals surface area contributed by atoms with E-state index in [1.54, 1.807) is 18.2 Å². The Morgan fingerprint density at radius 2 is 1.88 bits per heavy atom. The Morgan fingerprint density at radius 3 is 2.42 bits per heavy atom. The number of Topliss-reactive ketones (excluding diaryl/α,β-unsaturated/α-hetero) is 1. The van der Waals surface area contributed by atoms with Gasteiger partial charge in [-0.15, -0.1) is 0 Å². The van der Waals surface area contributed by atoms with Gasteiger partial charge >= 0.3 is 5.97 Å². The van der Waals surface area contributed by atoms with Crippen molar-refractivity contribution in [2.75, 3.05) is 0 Å². The highest BCUT2D eigenvalue weighted by atomic mass is 16.6. The lowest BCUT2D eigenvalue weighted by Crippen LogP contribution is -2.38. The van der Waals surface area contributed by atoms with Crippen LogP contribution in [0.15, 0.2) is 24.3 Å². The summed E-state index contributed by atoms with van der Waals surface area (Å²) in [7, 11) is 0. The Labute approximate surface area is 154 Å². The van der Waals surface area contributed by atoms with Crippen molar-refractivity contribution < 1.29 is 19.1 Å². The van der Waals surface area contributed by atoms with E-state index in [0.717, 1.165) is 31.2 Å². The van der Waals surface area contributed by atoms with Crippen LogP contribution in [0.1, 0.15) is 74.2 Å². The Balaban J connectivity index is 1.98. The van der Waals surface area contributed by atoms with Crippen LogP contribution in [0.3, 0.4) is 0 Å². The van der Waals surface area contributed by atoms with Crippen LogP contribution in [0.5, 0.6) is 0 Å². The molecule has 0 bridgehead atoms. The van der Waals surface area contributed by atoms with Gasteiger partial charge < -0.3 is 10.5 Å². The molecule has 26 heavy (non-hydrogen) atoms. The lowest BCUT2D eigenvalue weighted by Gasteiger charge is -2.26. The van der Waals surface area contributed by atoms with Gasteiger partial charge in [-0.05, 0) is 49.3 Å². The number of ether oxygens (including phenoxy) is 1. The first-order chi connectivity index (χ1) is 12.4. The van der Waals surface area contributed by atoms with Crippen LogP contribution in [-0.2, 0) is 14.3 Å². The maximum atomic E-state index is 13.3. The first-order valence-corrected chi connectivity index (χ1v) is 9.60. The van der Waals surface area contributed by atoms with Crippen molar-refractivity contribution in [1.82, 2.24) is 0 Å². The van der Waals surface area contributed by atoms with Gasteiger partial charge in [0.05, 0.1) is 0 Å². The number of carbonyl (C=O) groups is 3. The molecule has 1 saturated heterocycles. The summed E-state index contributed by atoms with van der Waals surface area (Å²) in [5.41, 5.74) is 5.67. The third kappa shape index (κ3) is 3.27. The van der Waals surface area contributed by atoms with Crippen molar-refractivity contribution in [3.05, 3.63) is 35.4 Å². The van der Waals surface area contributed by atoms with Gasteiger partial charge in [-0.2, -0.15) is 0 Å². The smallest absolute Gasteiger partial charge is 0.318 e. The van der Waals surface area contributed by atoms with Gasteiger partial charge in [0, 0.05) is 11.5 Å². The number of hydrogen-bond acceptors (Lipinski definition) is 4. The van der Waals surface area contributed by atoms with E-state index in [1.165, 1.54) is 0 Å². The maximum Gasteiger partial charge on any atom is 0.318 e. The van der Waals surface area contributed by atoms with Gasteiger partial charge in [0.1, 0.15) is 5.92 Å². The normalized spacial score (nSPS) is 22.9. The summed E-state index contributed by atoms with van der Waals surface area (Å²) >= 11 is 0. The highest BCUT2D eigenvalue weighted by Gasteiger charge is 2.58. The van der Waals surface area contributed by atoms with E-state index in [2.05, 4.69) is 0 Å². The van der Waals surface area contributed by atoms with Gasteiger partial charge in [-0.1, -0.05) is 38.8 Å². The molecule has 0 radical (unpaired) electrons. The number of rotatable bonds is 8. The molecule has 5 heteroatoms. The molecule has 1 amide bonds. The van der Waals surface area contributed by atoms with Gasteiger partial charge in [0.25, 0.3) is 0 Å². The van der Waals surface area contributed by atoms with Crippen molar-refractivity contribution in [2.45, 2.75) is 63.9 Å².